The number of piperazine rings is 1. The van der Waals surface area contributed by atoms with Gasteiger partial charge in [0.15, 0.2) is 0 Å². The number of ether oxygens (including phenoxy) is 2. The van der Waals surface area contributed by atoms with Crippen molar-refractivity contribution in [3.63, 3.8) is 0 Å². The molecule has 0 aliphatic carbocycles. The number of H-pyrrole nitrogens is 1. The number of rotatable bonds is 6. The van der Waals surface area contributed by atoms with Gasteiger partial charge in [0, 0.05) is 37.9 Å². The van der Waals surface area contributed by atoms with Crippen LogP contribution >= 0.6 is 11.3 Å². The van der Waals surface area contributed by atoms with E-state index in [1.165, 1.54) is 11.3 Å². The van der Waals surface area contributed by atoms with Crippen molar-refractivity contribution < 1.29 is 14.3 Å². The Morgan fingerprint density at radius 3 is 2.72 bits per heavy atom. The smallest absolute Gasteiger partial charge is 0.348 e. The van der Waals surface area contributed by atoms with Crippen molar-refractivity contribution in [1.29, 1.82) is 0 Å². The second kappa shape index (κ2) is 9.30. The lowest BCUT2D eigenvalue weighted by Crippen LogP contribution is -2.47. The molecule has 1 aliphatic heterocycles. The largest absolute Gasteiger partial charge is 0.497 e. The van der Waals surface area contributed by atoms with Crippen LogP contribution in [0.4, 0.5) is 5.69 Å². The molecule has 0 spiro atoms. The fourth-order valence-corrected chi connectivity index (χ4v) is 5.18. The fraction of sp³-hybridized carbons (Fsp3) is 0.435. The van der Waals surface area contributed by atoms with E-state index in [4.69, 9.17) is 14.5 Å². The van der Waals surface area contributed by atoms with E-state index in [2.05, 4.69) is 27.8 Å². The molecule has 1 N–H and O–H groups in total. The number of hydrogen-bond donors (Lipinski definition) is 1. The standard InChI is InChI=1S/C23H28N4O4S/c1-5-31-23(29)19-14(2)18-21(28)24-20(25-22(18)32-19)15(3)26-9-11-27(12-10-26)16-7-6-8-17(13-16)30-4/h6-8,13,15H,5,9-12H2,1-4H3,(H,24,25,28). The van der Waals surface area contributed by atoms with Crippen LogP contribution in [0, 0.1) is 6.92 Å². The fourth-order valence-electron chi connectivity index (χ4n) is 4.10. The van der Waals surface area contributed by atoms with Crippen LogP contribution in [-0.2, 0) is 4.74 Å². The molecule has 2 aromatic heterocycles. The third-order valence-electron chi connectivity index (χ3n) is 5.96. The van der Waals surface area contributed by atoms with Gasteiger partial charge in [0.05, 0.1) is 25.1 Å². The van der Waals surface area contributed by atoms with Gasteiger partial charge in [0.25, 0.3) is 5.56 Å². The highest BCUT2D eigenvalue weighted by Gasteiger charge is 2.26. The minimum absolute atomic E-state index is 0.0481. The molecule has 1 atom stereocenters. The van der Waals surface area contributed by atoms with Gasteiger partial charge in [-0.25, -0.2) is 9.78 Å². The summed E-state index contributed by atoms with van der Waals surface area (Å²) in [6.07, 6.45) is 0. The van der Waals surface area contributed by atoms with Crippen LogP contribution in [0.25, 0.3) is 10.2 Å². The maximum atomic E-state index is 12.8. The second-order valence-electron chi connectivity index (χ2n) is 7.81. The lowest BCUT2D eigenvalue weighted by atomic mass is 10.1. The molecule has 4 rings (SSSR count). The molecule has 3 heterocycles. The number of carbonyl (C=O) groups excluding carboxylic acids is 1. The number of hydrogen-bond acceptors (Lipinski definition) is 8. The highest BCUT2D eigenvalue weighted by atomic mass is 32.1. The molecule has 1 unspecified atom stereocenters. The van der Waals surface area contributed by atoms with Crippen LogP contribution in [0.3, 0.4) is 0 Å². The Balaban J connectivity index is 1.52. The summed E-state index contributed by atoms with van der Waals surface area (Å²) in [5, 5.41) is 0.469. The van der Waals surface area contributed by atoms with Gasteiger partial charge in [-0.2, -0.15) is 0 Å². The van der Waals surface area contributed by atoms with Crippen molar-refractivity contribution >= 4 is 33.2 Å². The SMILES string of the molecule is CCOC(=O)c1sc2nc(C(C)N3CCN(c4cccc(OC)c4)CC3)[nH]c(=O)c2c1C. The van der Waals surface area contributed by atoms with Crippen LogP contribution in [0.2, 0.25) is 0 Å². The first-order chi connectivity index (χ1) is 15.4. The van der Waals surface area contributed by atoms with Crippen molar-refractivity contribution in [3.8, 4) is 5.75 Å². The number of aryl methyl sites for hydroxylation is 1. The summed E-state index contributed by atoms with van der Waals surface area (Å²) in [7, 11) is 1.67. The summed E-state index contributed by atoms with van der Waals surface area (Å²) in [6.45, 7) is 9.31. The monoisotopic (exact) mass is 456 g/mol. The van der Waals surface area contributed by atoms with Crippen molar-refractivity contribution in [3.05, 3.63) is 50.9 Å². The molecule has 1 saturated heterocycles. The lowest BCUT2D eigenvalue weighted by Gasteiger charge is -2.38. The Labute approximate surface area is 190 Å². The number of thiophene rings is 1. The van der Waals surface area contributed by atoms with Gasteiger partial charge >= 0.3 is 5.97 Å². The molecule has 3 aromatic rings. The highest BCUT2D eigenvalue weighted by molar-refractivity contribution is 7.20. The number of aromatic nitrogens is 2. The summed E-state index contributed by atoms with van der Waals surface area (Å²) in [4.78, 5) is 38.4. The van der Waals surface area contributed by atoms with Crippen LogP contribution in [0.5, 0.6) is 5.75 Å². The van der Waals surface area contributed by atoms with E-state index in [0.717, 1.165) is 37.6 Å². The van der Waals surface area contributed by atoms with Gasteiger partial charge < -0.3 is 19.4 Å². The van der Waals surface area contributed by atoms with E-state index in [0.29, 0.717) is 33.1 Å². The first kappa shape index (κ1) is 22.3. The minimum atomic E-state index is -0.407. The first-order valence-electron chi connectivity index (χ1n) is 10.8. The van der Waals surface area contributed by atoms with Gasteiger partial charge in [0.2, 0.25) is 0 Å². The molecule has 1 fully saturated rings. The Morgan fingerprint density at radius 2 is 2.03 bits per heavy atom. The van der Waals surface area contributed by atoms with Gasteiger partial charge in [-0.1, -0.05) is 6.07 Å². The van der Waals surface area contributed by atoms with Crippen LogP contribution < -0.4 is 15.2 Å². The molecular weight excluding hydrogens is 428 g/mol. The number of esters is 1. The third-order valence-corrected chi connectivity index (χ3v) is 7.12. The summed E-state index contributed by atoms with van der Waals surface area (Å²) in [5.74, 6) is 1.06. The summed E-state index contributed by atoms with van der Waals surface area (Å²) < 4.78 is 10.5. The Morgan fingerprint density at radius 1 is 1.28 bits per heavy atom. The van der Waals surface area contributed by atoms with Gasteiger partial charge in [-0.15, -0.1) is 11.3 Å². The Kier molecular flexibility index (Phi) is 6.48. The number of nitrogens with one attached hydrogen (secondary N) is 1. The quantitative estimate of drug-likeness (QED) is 0.569. The number of fused-ring (bicyclic) bond motifs is 1. The van der Waals surface area contributed by atoms with E-state index >= 15 is 0 Å². The van der Waals surface area contributed by atoms with E-state index in [1.54, 1.807) is 21.0 Å². The number of carbonyl (C=O) groups is 1. The van der Waals surface area contributed by atoms with Gasteiger partial charge in [-0.05, 0) is 38.5 Å². The van der Waals surface area contributed by atoms with Gasteiger partial charge in [0.1, 0.15) is 21.3 Å². The minimum Gasteiger partial charge on any atom is -0.497 e. The van der Waals surface area contributed by atoms with E-state index in [9.17, 15) is 9.59 Å². The average Bonchev–Trinajstić information content (AvgIpc) is 3.15. The molecule has 8 nitrogen and oxygen atoms in total. The van der Waals surface area contributed by atoms with Crippen molar-refractivity contribution in [1.82, 2.24) is 14.9 Å². The second-order valence-corrected chi connectivity index (χ2v) is 8.81. The molecule has 32 heavy (non-hydrogen) atoms. The number of methoxy groups -OCH3 is 1. The molecule has 1 aliphatic rings. The summed E-state index contributed by atoms with van der Waals surface area (Å²) in [6, 6.07) is 8.04. The number of anilines is 1. The van der Waals surface area contributed by atoms with Crippen molar-refractivity contribution in [2.45, 2.75) is 26.8 Å². The molecule has 9 heteroatoms. The molecule has 0 bridgehead atoms. The van der Waals surface area contributed by atoms with Crippen LogP contribution in [0.1, 0.15) is 40.9 Å². The Bertz CT molecular complexity index is 1180. The maximum absolute atomic E-state index is 12.8. The number of aromatic amines is 1. The zero-order valence-corrected chi connectivity index (χ0v) is 19.6. The van der Waals surface area contributed by atoms with Crippen LogP contribution in [0.15, 0.2) is 29.1 Å². The molecule has 170 valence electrons. The number of nitrogens with zero attached hydrogens (tertiary/aromatic N) is 3. The van der Waals surface area contributed by atoms with E-state index < -0.39 is 5.97 Å². The molecule has 0 radical (unpaired) electrons. The van der Waals surface area contributed by atoms with Crippen molar-refractivity contribution in [2.75, 3.05) is 44.8 Å². The molecular formula is C23H28N4O4S. The predicted octanol–water partition coefficient (Wildman–Crippen LogP) is 3.36. The van der Waals surface area contributed by atoms with Crippen molar-refractivity contribution in [2.24, 2.45) is 0 Å². The Hall–Kier alpha value is -2.91. The normalized spacial score (nSPS) is 15.7. The molecule has 0 amide bonds. The molecule has 0 saturated carbocycles. The zero-order chi connectivity index (χ0) is 22.8. The van der Waals surface area contributed by atoms with Gasteiger partial charge in [-0.3, -0.25) is 9.69 Å². The summed E-state index contributed by atoms with van der Waals surface area (Å²) in [5.41, 5.74) is 1.56. The predicted molar refractivity (Wildman–Crippen MR) is 126 cm³/mol. The van der Waals surface area contributed by atoms with Crippen LogP contribution in [-0.4, -0.2) is 60.7 Å². The summed E-state index contributed by atoms with van der Waals surface area (Å²) >= 11 is 1.22. The first-order valence-corrected chi connectivity index (χ1v) is 11.6. The molecule has 1 aromatic carbocycles. The highest BCUT2D eigenvalue weighted by Crippen LogP contribution is 2.30. The third kappa shape index (κ3) is 4.22. The number of benzene rings is 1. The topological polar surface area (TPSA) is 87.8 Å². The van der Waals surface area contributed by atoms with E-state index in [1.807, 2.05) is 18.2 Å². The average molecular weight is 457 g/mol. The van der Waals surface area contributed by atoms with E-state index in [-0.39, 0.29) is 11.6 Å². The zero-order valence-electron chi connectivity index (χ0n) is 18.8. The lowest BCUT2D eigenvalue weighted by molar-refractivity contribution is 0.0531. The maximum Gasteiger partial charge on any atom is 0.348 e.